The van der Waals surface area contributed by atoms with E-state index < -0.39 is 12.0 Å². The molecule has 2 aromatic rings. The van der Waals surface area contributed by atoms with Gasteiger partial charge in [-0.05, 0) is 41.4 Å². The van der Waals surface area contributed by atoms with E-state index >= 15 is 0 Å². The van der Waals surface area contributed by atoms with Gasteiger partial charge in [0.1, 0.15) is 12.4 Å². The molecule has 0 spiro atoms. The summed E-state index contributed by atoms with van der Waals surface area (Å²) in [5.74, 6) is -0.530. The Morgan fingerprint density at radius 3 is 2.35 bits per heavy atom. The van der Waals surface area contributed by atoms with Crippen molar-refractivity contribution in [1.29, 1.82) is 0 Å². The predicted octanol–water partition coefficient (Wildman–Crippen LogP) is 5.31. The third kappa shape index (κ3) is 6.04. The maximum Gasteiger partial charge on any atom is 0.416 e. The monoisotopic (exact) mass is 465 g/mol. The lowest BCUT2D eigenvalue weighted by Crippen LogP contribution is -2.45. The minimum Gasteiger partial charge on any atom is -0.447 e. The van der Waals surface area contributed by atoms with Crippen molar-refractivity contribution in [2.24, 2.45) is 11.8 Å². The van der Waals surface area contributed by atoms with Gasteiger partial charge in [0.05, 0.1) is 6.04 Å². The highest BCUT2D eigenvalue weighted by Crippen LogP contribution is 2.34. The van der Waals surface area contributed by atoms with E-state index in [4.69, 9.17) is 9.47 Å². The van der Waals surface area contributed by atoms with Gasteiger partial charge in [0.2, 0.25) is 5.91 Å². The summed E-state index contributed by atoms with van der Waals surface area (Å²) in [6.45, 7) is 11.7. The van der Waals surface area contributed by atoms with Crippen LogP contribution in [0.5, 0.6) is 5.75 Å². The van der Waals surface area contributed by atoms with E-state index in [0.717, 1.165) is 16.7 Å². The van der Waals surface area contributed by atoms with Crippen LogP contribution in [0.15, 0.2) is 48.5 Å². The number of esters is 1. The highest BCUT2D eigenvalue weighted by molar-refractivity contribution is 5.95. The molecule has 182 valence electrons. The van der Waals surface area contributed by atoms with Crippen LogP contribution in [0.4, 0.5) is 4.79 Å². The van der Waals surface area contributed by atoms with Crippen LogP contribution in [0.25, 0.3) is 0 Å². The molecule has 1 aliphatic heterocycles. The number of amides is 2. The quantitative estimate of drug-likeness (QED) is 0.409. The third-order valence-corrected chi connectivity index (χ3v) is 6.20. The number of carbonyl (C=O) groups excluding carboxylic acids is 3. The van der Waals surface area contributed by atoms with Crippen LogP contribution in [0.3, 0.4) is 0 Å². The molecule has 0 aromatic heterocycles. The molecule has 1 saturated heterocycles. The fourth-order valence-corrected chi connectivity index (χ4v) is 4.36. The van der Waals surface area contributed by atoms with Crippen molar-refractivity contribution in [2.45, 2.75) is 65.8 Å². The fraction of sp³-hybridized carbons (Fsp3) is 0.464. The van der Waals surface area contributed by atoms with Gasteiger partial charge in [0.15, 0.2) is 0 Å². The second-order valence-corrected chi connectivity index (χ2v) is 10.4. The third-order valence-electron chi connectivity index (χ3n) is 6.20. The Bertz CT molecular complexity index is 1040. The molecule has 6 heteroatoms. The van der Waals surface area contributed by atoms with E-state index in [1.54, 1.807) is 0 Å². The second-order valence-electron chi connectivity index (χ2n) is 10.4. The Kier molecular flexibility index (Phi) is 7.80. The topological polar surface area (TPSA) is 72.9 Å². The van der Waals surface area contributed by atoms with Gasteiger partial charge in [-0.2, -0.15) is 0 Å². The molecule has 0 bridgehead atoms. The lowest BCUT2D eigenvalue weighted by Gasteiger charge is -2.28. The van der Waals surface area contributed by atoms with Crippen LogP contribution in [0.2, 0.25) is 0 Å². The number of cyclic esters (lactones) is 1. The molecule has 0 saturated carbocycles. The van der Waals surface area contributed by atoms with Gasteiger partial charge in [-0.25, -0.2) is 9.69 Å². The number of hydrogen-bond acceptors (Lipinski definition) is 5. The first-order chi connectivity index (χ1) is 16.0. The van der Waals surface area contributed by atoms with Crippen molar-refractivity contribution in [2.75, 3.05) is 6.61 Å². The summed E-state index contributed by atoms with van der Waals surface area (Å²) in [4.78, 5) is 39.2. The van der Waals surface area contributed by atoms with E-state index in [1.165, 1.54) is 11.8 Å². The molecular weight excluding hydrogens is 430 g/mol. The lowest BCUT2D eigenvalue weighted by molar-refractivity contribution is -0.135. The van der Waals surface area contributed by atoms with Crippen molar-refractivity contribution in [3.63, 3.8) is 0 Å². The summed E-state index contributed by atoms with van der Waals surface area (Å²) < 4.78 is 10.8. The molecule has 2 aromatic carbocycles. The maximum absolute atomic E-state index is 13.6. The largest absolute Gasteiger partial charge is 0.447 e. The maximum atomic E-state index is 13.6. The van der Waals surface area contributed by atoms with Crippen molar-refractivity contribution in [1.82, 2.24) is 4.90 Å². The van der Waals surface area contributed by atoms with Gasteiger partial charge in [0.25, 0.3) is 0 Å². The summed E-state index contributed by atoms with van der Waals surface area (Å²) in [5.41, 5.74) is 2.64. The van der Waals surface area contributed by atoms with E-state index in [-0.39, 0.29) is 35.9 Å². The first-order valence-corrected chi connectivity index (χ1v) is 11.8. The molecule has 6 nitrogen and oxygen atoms in total. The number of ether oxygens (including phenoxy) is 2. The van der Waals surface area contributed by atoms with Crippen molar-refractivity contribution >= 4 is 18.0 Å². The number of imide groups is 1. The zero-order chi connectivity index (χ0) is 25.0. The minimum absolute atomic E-state index is 0.00209. The predicted molar refractivity (Wildman–Crippen MR) is 131 cm³/mol. The van der Waals surface area contributed by atoms with Crippen molar-refractivity contribution in [3.8, 4) is 5.75 Å². The highest BCUT2D eigenvalue weighted by atomic mass is 16.6. The van der Waals surface area contributed by atoms with Crippen LogP contribution < -0.4 is 4.74 Å². The number of benzene rings is 2. The van der Waals surface area contributed by atoms with Gasteiger partial charge in [-0.1, -0.05) is 77.1 Å². The first kappa shape index (κ1) is 25.5. The molecule has 2 amide bonds. The summed E-state index contributed by atoms with van der Waals surface area (Å²) in [7, 11) is 0. The van der Waals surface area contributed by atoms with Crippen LogP contribution >= 0.6 is 0 Å². The summed E-state index contributed by atoms with van der Waals surface area (Å²) in [5, 5.41) is 0. The molecule has 2 atom stereocenters. The minimum atomic E-state index is -0.583. The molecule has 1 fully saturated rings. The smallest absolute Gasteiger partial charge is 0.416 e. The number of rotatable bonds is 7. The number of nitrogens with zero attached hydrogens (tertiary/aromatic N) is 1. The van der Waals surface area contributed by atoms with Crippen LogP contribution in [-0.4, -0.2) is 35.5 Å². The highest BCUT2D eigenvalue weighted by Gasteiger charge is 2.41. The zero-order valence-electron chi connectivity index (χ0n) is 21.0. The Labute approximate surface area is 202 Å². The molecule has 0 aliphatic carbocycles. The lowest BCUT2D eigenvalue weighted by atomic mass is 9.83. The number of hydrogen-bond donors (Lipinski definition) is 0. The zero-order valence-corrected chi connectivity index (χ0v) is 21.0. The van der Waals surface area contributed by atoms with E-state index in [1.807, 2.05) is 62.4 Å². The van der Waals surface area contributed by atoms with Crippen LogP contribution in [0, 0.1) is 11.8 Å². The van der Waals surface area contributed by atoms with Crippen molar-refractivity contribution in [3.05, 3.63) is 65.2 Å². The molecule has 0 N–H and O–H groups in total. The standard InChI is InChI=1S/C28H35NO5/c1-18(2)23(15-21-12-13-24(28(4,5)6)25(16-21)34-19(3)30)26(31)29-22(17-33-27(29)32)14-20-10-8-7-9-11-20/h7-13,16,18,22-23H,14-15,17H2,1-6H3/t22-,23-/m1/s1. The summed E-state index contributed by atoms with van der Waals surface area (Å²) >= 11 is 0. The molecular formula is C28H35NO5. The Balaban J connectivity index is 1.86. The van der Waals surface area contributed by atoms with Gasteiger partial charge < -0.3 is 9.47 Å². The van der Waals surface area contributed by atoms with Gasteiger partial charge in [0, 0.05) is 18.4 Å². The number of carbonyl (C=O) groups is 3. The average Bonchev–Trinajstić information content (AvgIpc) is 3.10. The van der Waals surface area contributed by atoms with E-state index in [2.05, 4.69) is 20.8 Å². The van der Waals surface area contributed by atoms with Gasteiger partial charge in [-0.15, -0.1) is 0 Å². The Morgan fingerprint density at radius 2 is 1.76 bits per heavy atom. The fourth-order valence-electron chi connectivity index (χ4n) is 4.36. The van der Waals surface area contributed by atoms with Crippen LogP contribution in [-0.2, 0) is 32.6 Å². The molecule has 34 heavy (non-hydrogen) atoms. The molecule has 0 unspecified atom stereocenters. The van der Waals surface area contributed by atoms with Crippen molar-refractivity contribution < 1.29 is 23.9 Å². The SMILES string of the molecule is CC(=O)Oc1cc(C[C@@H](C(=O)N2C(=O)OC[C@H]2Cc2ccccc2)C(C)C)ccc1C(C)(C)C. The average molecular weight is 466 g/mol. The van der Waals surface area contributed by atoms with E-state index in [0.29, 0.717) is 18.6 Å². The Morgan fingerprint density at radius 1 is 1.09 bits per heavy atom. The van der Waals surface area contributed by atoms with Gasteiger partial charge in [-0.3, -0.25) is 9.59 Å². The first-order valence-electron chi connectivity index (χ1n) is 11.8. The van der Waals surface area contributed by atoms with Crippen LogP contribution in [0.1, 0.15) is 58.2 Å². The molecule has 0 radical (unpaired) electrons. The second kappa shape index (κ2) is 10.4. The normalized spacial score (nSPS) is 17.0. The molecule has 1 heterocycles. The van der Waals surface area contributed by atoms with Gasteiger partial charge >= 0.3 is 12.1 Å². The Hall–Kier alpha value is -3.15. The summed E-state index contributed by atoms with van der Waals surface area (Å²) in [6.07, 6.45) is 0.400. The van der Waals surface area contributed by atoms with E-state index in [9.17, 15) is 14.4 Å². The summed E-state index contributed by atoms with van der Waals surface area (Å²) in [6, 6.07) is 15.2. The molecule has 1 aliphatic rings. The molecule has 3 rings (SSSR count).